The fraction of sp³-hybridized carbons (Fsp3) is 1.00. The van der Waals surface area contributed by atoms with E-state index in [4.69, 9.17) is 5.11 Å². The Kier molecular flexibility index (Phi) is 7.31. The molecule has 0 spiro atoms. The van der Waals surface area contributed by atoms with Crippen LogP contribution in [0.25, 0.3) is 0 Å². The molecule has 0 aromatic rings. The zero-order chi connectivity index (χ0) is 8.69. The van der Waals surface area contributed by atoms with Crippen molar-refractivity contribution in [2.24, 2.45) is 5.92 Å². The van der Waals surface area contributed by atoms with Crippen LogP contribution in [0.5, 0.6) is 0 Å². The van der Waals surface area contributed by atoms with Gasteiger partial charge in [0.1, 0.15) is 0 Å². The molecule has 1 saturated carbocycles. The highest BCUT2D eigenvalue weighted by Gasteiger charge is 2.16. The van der Waals surface area contributed by atoms with E-state index in [0.29, 0.717) is 0 Å². The number of aliphatic hydroxyl groups is 1. The van der Waals surface area contributed by atoms with Crippen LogP contribution in [0.15, 0.2) is 0 Å². The molecule has 1 fully saturated rings. The molecular formula is C9H21OP. The third-order valence-corrected chi connectivity index (χ3v) is 3.69. The number of rotatable bonds is 1. The lowest BCUT2D eigenvalue weighted by molar-refractivity contribution is 0.393. The van der Waals surface area contributed by atoms with E-state index in [0.717, 1.165) is 18.7 Å². The molecule has 11 heavy (non-hydrogen) atoms. The molecule has 68 valence electrons. The highest BCUT2D eigenvalue weighted by atomic mass is 31.1. The van der Waals surface area contributed by atoms with Crippen LogP contribution in [0.2, 0.25) is 0 Å². The molecule has 0 bridgehead atoms. The summed E-state index contributed by atoms with van der Waals surface area (Å²) in [7, 11) is 2.19. The van der Waals surface area contributed by atoms with Crippen molar-refractivity contribution in [2.75, 3.05) is 13.8 Å². The van der Waals surface area contributed by atoms with Crippen LogP contribution in [-0.4, -0.2) is 24.5 Å². The van der Waals surface area contributed by atoms with E-state index < -0.39 is 0 Å². The maximum atomic E-state index is 7.00. The lowest BCUT2D eigenvalue weighted by Gasteiger charge is -2.25. The maximum absolute atomic E-state index is 7.00. The van der Waals surface area contributed by atoms with E-state index in [1.54, 1.807) is 0 Å². The second-order valence-corrected chi connectivity index (χ2v) is 4.65. The van der Waals surface area contributed by atoms with Gasteiger partial charge in [-0.25, -0.2) is 0 Å². The molecule has 1 aliphatic rings. The Morgan fingerprint density at radius 1 is 1.27 bits per heavy atom. The Balaban J connectivity index is 0.000000461. The first-order valence-electron chi connectivity index (χ1n) is 4.45. The predicted molar refractivity (Wildman–Crippen MR) is 53.8 cm³/mol. The standard InChI is InChI=1S/C8H17P.CH4O/c1-7-4-3-5-8(6-7)9-2;1-2/h7-9H,3-6H2,1-2H3;2H,1H3. The lowest BCUT2D eigenvalue weighted by atomic mass is 9.90. The molecule has 1 aliphatic carbocycles. The van der Waals surface area contributed by atoms with Crippen molar-refractivity contribution < 1.29 is 5.11 Å². The molecule has 3 atom stereocenters. The highest BCUT2D eigenvalue weighted by Crippen LogP contribution is 2.33. The summed E-state index contributed by atoms with van der Waals surface area (Å²) in [5.74, 6) is 1.02. The van der Waals surface area contributed by atoms with Gasteiger partial charge in [0.2, 0.25) is 0 Å². The lowest BCUT2D eigenvalue weighted by Crippen LogP contribution is -2.13. The molecule has 1 N–H and O–H groups in total. The number of aliphatic hydroxyl groups excluding tert-OH is 1. The monoisotopic (exact) mass is 176 g/mol. The van der Waals surface area contributed by atoms with E-state index in [1.165, 1.54) is 34.3 Å². The zero-order valence-electron chi connectivity index (χ0n) is 7.93. The minimum absolute atomic E-state index is 1.00. The fourth-order valence-electron chi connectivity index (χ4n) is 1.70. The van der Waals surface area contributed by atoms with Crippen molar-refractivity contribution in [3.8, 4) is 0 Å². The van der Waals surface area contributed by atoms with Gasteiger partial charge in [-0.05, 0) is 31.1 Å². The SMILES string of the molecule is CO.CPC1CCCC(C)C1. The van der Waals surface area contributed by atoms with Gasteiger partial charge in [-0.15, -0.1) is 8.58 Å². The van der Waals surface area contributed by atoms with Crippen molar-refractivity contribution in [3.05, 3.63) is 0 Å². The molecule has 0 saturated heterocycles. The Hall–Kier alpha value is 0.390. The largest absolute Gasteiger partial charge is 0.400 e. The second-order valence-electron chi connectivity index (χ2n) is 3.26. The summed E-state index contributed by atoms with van der Waals surface area (Å²) < 4.78 is 0. The molecule has 0 heterocycles. The molecule has 1 rings (SSSR count). The Bertz CT molecular complexity index is 85.6. The van der Waals surface area contributed by atoms with Gasteiger partial charge in [-0.2, -0.15) is 0 Å². The third-order valence-electron chi connectivity index (χ3n) is 2.34. The molecule has 1 nitrogen and oxygen atoms in total. The Morgan fingerprint density at radius 2 is 1.91 bits per heavy atom. The van der Waals surface area contributed by atoms with E-state index in [9.17, 15) is 0 Å². The minimum Gasteiger partial charge on any atom is -0.400 e. The van der Waals surface area contributed by atoms with Gasteiger partial charge in [0.25, 0.3) is 0 Å². The van der Waals surface area contributed by atoms with Gasteiger partial charge >= 0.3 is 0 Å². The normalized spacial score (nSPS) is 31.6. The molecule has 0 aromatic carbocycles. The summed E-state index contributed by atoms with van der Waals surface area (Å²) in [4.78, 5) is 0. The quantitative estimate of drug-likeness (QED) is 0.608. The van der Waals surface area contributed by atoms with Gasteiger partial charge in [0.05, 0.1) is 0 Å². The molecule has 0 radical (unpaired) electrons. The van der Waals surface area contributed by atoms with Gasteiger partial charge < -0.3 is 5.11 Å². The zero-order valence-corrected chi connectivity index (χ0v) is 8.93. The van der Waals surface area contributed by atoms with Crippen LogP contribution >= 0.6 is 8.58 Å². The van der Waals surface area contributed by atoms with Crippen molar-refractivity contribution >= 4 is 8.58 Å². The first-order valence-corrected chi connectivity index (χ1v) is 6.02. The van der Waals surface area contributed by atoms with Crippen LogP contribution in [0.1, 0.15) is 32.6 Å². The fourth-order valence-corrected chi connectivity index (χ4v) is 2.83. The summed E-state index contributed by atoms with van der Waals surface area (Å²) in [5.41, 5.74) is 1.09. The summed E-state index contributed by atoms with van der Waals surface area (Å²) >= 11 is 0. The number of hydrogen-bond donors (Lipinski definition) is 1. The summed E-state index contributed by atoms with van der Waals surface area (Å²) in [6, 6.07) is 0. The van der Waals surface area contributed by atoms with Gasteiger partial charge in [-0.1, -0.05) is 19.8 Å². The van der Waals surface area contributed by atoms with Crippen molar-refractivity contribution in [2.45, 2.75) is 38.3 Å². The molecule has 2 heteroatoms. The van der Waals surface area contributed by atoms with Crippen molar-refractivity contribution in [3.63, 3.8) is 0 Å². The highest BCUT2D eigenvalue weighted by molar-refractivity contribution is 7.37. The summed E-state index contributed by atoms with van der Waals surface area (Å²) in [6.07, 6.45) is 6.00. The average molecular weight is 176 g/mol. The van der Waals surface area contributed by atoms with E-state index in [-0.39, 0.29) is 0 Å². The Labute approximate surface area is 72.4 Å². The summed E-state index contributed by atoms with van der Waals surface area (Å²) in [5, 5.41) is 7.00. The molecule has 0 aliphatic heterocycles. The van der Waals surface area contributed by atoms with E-state index in [2.05, 4.69) is 13.6 Å². The van der Waals surface area contributed by atoms with Gasteiger partial charge in [0.15, 0.2) is 0 Å². The maximum Gasteiger partial charge on any atom is 0.0319 e. The van der Waals surface area contributed by atoms with Crippen LogP contribution in [0, 0.1) is 5.92 Å². The average Bonchev–Trinajstić information content (AvgIpc) is 2.08. The van der Waals surface area contributed by atoms with E-state index in [1.807, 2.05) is 0 Å². The molecule has 0 aromatic heterocycles. The Morgan fingerprint density at radius 3 is 2.27 bits per heavy atom. The van der Waals surface area contributed by atoms with Crippen LogP contribution in [0.4, 0.5) is 0 Å². The van der Waals surface area contributed by atoms with Gasteiger partial charge in [-0.3, -0.25) is 0 Å². The minimum atomic E-state index is 1.00. The topological polar surface area (TPSA) is 20.2 Å². The van der Waals surface area contributed by atoms with Crippen LogP contribution in [-0.2, 0) is 0 Å². The molecule has 3 unspecified atom stereocenters. The van der Waals surface area contributed by atoms with Crippen molar-refractivity contribution in [1.29, 1.82) is 0 Å². The first kappa shape index (κ1) is 11.4. The molecular weight excluding hydrogens is 155 g/mol. The second kappa shape index (κ2) is 7.06. The van der Waals surface area contributed by atoms with Crippen LogP contribution < -0.4 is 0 Å². The van der Waals surface area contributed by atoms with Gasteiger partial charge in [0, 0.05) is 7.11 Å². The smallest absolute Gasteiger partial charge is 0.0319 e. The van der Waals surface area contributed by atoms with Crippen molar-refractivity contribution in [1.82, 2.24) is 0 Å². The number of hydrogen-bond acceptors (Lipinski definition) is 1. The first-order chi connectivity index (χ1) is 5.33. The molecule has 0 amide bonds. The van der Waals surface area contributed by atoms with Crippen LogP contribution in [0.3, 0.4) is 0 Å². The summed E-state index contributed by atoms with van der Waals surface area (Å²) in [6.45, 7) is 4.75. The van der Waals surface area contributed by atoms with E-state index >= 15 is 0 Å². The third kappa shape index (κ3) is 4.76. The predicted octanol–water partition coefficient (Wildman–Crippen LogP) is 2.48.